The van der Waals surface area contributed by atoms with Crippen LogP contribution in [0.25, 0.3) is 5.69 Å². The summed E-state index contributed by atoms with van der Waals surface area (Å²) < 4.78 is 18.3. The van der Waals surface area contributed by atoms with Crippen molar-refractivity contribution in [2.24, 2.45) is 0 Å². The molecule has 0 atom stereocenters. The third-order valence-electron chi connectivity index (χ3n) is 4.21. The number of nitrogens with zero attached hydrogens (tertiary/aromatic N) is 3. The molecule has 2 aromatic carbocycles. The molecule has 2 heterocycles. The number of nitrogens with one attached hydrogen (secondary N) is 1. The van der Waals surface area contributed by atoms with Crippen LogP contribution in [0.4, 0.5) is 5.69 Å². The molecule has 0 unspecified atom stereocenters. The summed E-state index contributed by atoms with van der Waals surface area (Å²) >= 11 is 1.30. The van der Waals surface area contributed by atoms with Crippen molar-refractivity contribution in [3.8, 4) is 22.9 Å². The van der Waals surface area contributed by atoms with Crippen molar-refractivity contribution in [2.75, 3.05) is 31.4 Å². The number of benzene rings is 2. The molecule has 0 spiro atoms. The zero-order valence-electron chi connectivity index (χ0n) is 15.8. The third-order valence-corrected chi connectivity index (χ3v) is 5.15. The Hall–Kier alpha value is -3.20. The van der Waals surface area contributed by atoms with Crippen LogP contribution in [0.5, 0.6) is 17.2 Å². The van der Waals surface area contributed by atoms with Crippen LogP contribution in [0.2, 0.25) is 0 Å². The van der Waals surface area contributed by atoms with E-state index in [1.54, 1.807) is 25.6 Å². The van der Waals surface area contributed by atoms with Crippen LogP contribution < -0.4 is 19.5 Å². The second-order valence-corrected chi connectivity index (χ2v) is 7.18. The maximum Gasteiger partial charge on any atom is 0.234 e. The van der Waals surface area contributed by atoms with Gasteiger partial charge in [0.25, 0.3) is 0 Å². The standard InChI is InChI=1S/C20H20N4O4S/c1-26-16-5-2-4-15(11-16)24-13-21-23-20(24)29-12-19(25)22-14-6-7-17-18(10-14)28-9-3-8-27-17/h2,4-7,10-11,13H,3,8-9,12H2,1H3,(H,22,25). The van der Waals surface area contributed by atoms with Crippen LogP contribution >= 0.6 is 11.8 Å². The van der Waals surface area contributed by atoms with E-state index in [4.69, 9.17) is 14.2 Å². The fourth-order valence-corrected chi connectivity index (χ4v) is 3.56. The predicted octanol–water partition coefficient (Wildman–Crippen LogP) is 3.17. The van der Waals surface area contributed by atoms with Crippen LogP contribution in [0.3, 0.4) is 0 Å². The molecule has 1 aromatic heterocycles. The van der Waals surface area contributed by atoms with Gasteiger partial charge in [-0.3, -0.25) is 9.36 Å². The number of carbonyl (C=O) groups is 1. The molecular weight excluding hydrogens is 392 g/mol. The summed E-state index contributed by atoms with van der Waals surface area (Å²) in [7, 11) is 1.62. The van der Waals surface area contributed by atoms with Crippen LogP contribution in [-0.4, -0.2) is 46.7 Å². The van der Waals surface area contributed by atoms with E-state index in [1.807, 2.05) is 34.9 Å². The highest BCUT2D eigenvalue weighted by atomic mass is 32.2. The fraction of sp³-hybridized carbons (Fsp3) is 0.250. The topological polar surface area (TPSA) is 87.5 Å². The van der Waals surface area contributed by atoms with Crippen LogP contribution in [0.15, 0.2) is 53.9 Å². The first-order chi connectivity index (χ1) is 14.2. The second kappa shape index (κ2) is 8.87. The number of carbonyl (C=O) groups excluding carboxylic acids is 1. The van der Waals surface area contributed by atoms with Gasteiger partial charge in [0.05, 0.1) is 31.8 Å². The Bertz CT molecular complexity index is 1010. The smallest absolute Gasteiger partial charge is 0.234 e. The molecule has 1 aliphatic rings. The Morgan fingerprint density at radius 3 is 2.93 bits per heavy atom. The van der Waals surface area contributed by atoms with Gasteiger partial charge in [0, 0.05) is 24.2 Å². The summed E-state index contributed by atoms with van der Waals surface area (Å²) in [6.45, 7) is 1.23. The molecule has 29 heavy (non-hydrogen) atoms. The summed E-state index contributed by atoms with van der Waals surface area (Å²) in [6, 6.07) is 12.9. The van der Waals surface area contributed by atoms with Crippen molar-refractivity contribution in [3.63, 3.8) is 0 Å². The molecule has 9 heteroatoms. The first kappa shape index (κ1) is 19.1. The fourth-order valence-electron chi connectivity index (χ4n) is 2.83. The van der Waals surface area contributed by atoms with Gasteiger partial charge in [0.1, 0.15) is 12.1 Å². The lowest BCUT2D eigenvalue weighted by atomic mass is 10.2. The van der Waals surface area contributed by atoms with Crippen LogP contribution in [0.1, 0.15) is 6.42 Å². The summed E-state index contributed by atoms with van der Waals surface area (Å²) in [5, 5.41) is 11.6. The number of fused-ring (bicyclic) bond motifs is 1. The Morgan fingerprint density at radius 1 is 1.21 bits per heavy atom. The summed E-state index contributed by atoms with van der Waals surface area (Å²) in [4.78, 5) is 12.4. The normalized spacial score (nSPS) is 12.9. The van der Waals surface area contributed by atoms with Crippen molar-refractivity contribution in [2.45, 2.75) is 11.6 Å². The van der Waals surface area contributed by atoms with Crippen LogP contribution in [-0.2, 0) is 4.79 Å². The number of amides is 1. The molecule has 0 saturated carbocycles. The molecule has 4 rings (SSSR count). The van der Waals surface area contributed by atoms with Gasteiger partial charge in [0.2, 0.25) is 5.91 Å². The van der Waals surface area contributed by atoms with Crippen molar-refractivity contribution in [1.29, 1.82) is 0 Å². The van der Waals surface area contributed by atoms with Crippen molar-refractivity contribution < 1.29 is 19.0 Å². The van der Waals surface area contributed by atoms with Gasteiger partial charge in [-0.05, 0) is 24.3 Å². The number of aromatic nitrogens is 3. The van der Waals surface area contributed by atoms with Gasteiger partial charge >= 0.3 is 0 Å². The van der Waals surface area contributed by atoms with E-state index in [1.165, 1.54) is 11.8 Å². The molecule has 150 valence electrons. The number of ether oxygens (including phenoxy) is 3. The number of rotatable bonds is 6. The third kappa shape index (κ3) is 4.62. The SMILES string of the molecule is COc1cccc(-n2cnnc2SCC(=O)Nc2ccc3c(c2)OCCCO3)c1. The van der Waals surface area contributed by atoms with Crippen molar-refractivity contribution in [3.05, 3.63) is 48.8 Å². The Kier molecular flexibility index (Phi) is 5.85. The molecule has 1 aliphatic heterocycles. The zero-order valence-corrected chi connectivity index (χ0v) is 16.6. The second-order valence-electron chi connectivity index (χ2n) is 6.23. The number of methoxy groups -OCH3 is 1. The van der Waals surface area contributed by atoms with Gasteiger partial charge in [-0.2, -0.15) is 0 Å². The minimum Gasteiger partial charge on any atom is -0.497 e. The molecule has 1 N–H and O–H groups in total. The molecule has 0 fully saturated rings. The maximum atomic E-state index is 12.4. The largest absolute Gasteiger partial charge is 0.497 e. The first-order valence-corrected chi connectivity index (χ1v) is 10.1. The Labute approximate surface area is 172 Å². The minimum atomic E-state index is -0.148. The van der Waals surface area contributed by atoms with E-state index >= 15 is 0 Å². The molecule has 8 nitrogen and oxygen atoms in total. The highest BCUT2D eigenvalue weighted by Crippen LogP contribution is 2.32. The number of thioether (sulfide) groups is 1. The molecule has 0 saturated heterocycles. The highest BCUT2D eigenvalue weighted by molar-refractivity contribution is 7.99. The quantitative estimate of drug-likeness (QED) is 0.622. The van der Waals surface area contributed by atoms with E-state index < -0.39 is 0 Å². The van der Waals surface area contributed by atoms with Crippen LogP contribution in [0, 0.1) is 0 Å². The van der Waals surface area contributed by atoms with E-state index in [9.17, 15) is 4.79 Å². The monoisotopic (exact) mass is 412 g/mol. The molecule has 0 aliphatic carbocycles. The summed E-state index contributed by atoms with van der Waals surface area (Å²) in [6.07, 6.45) is 2.44. The molecule has 3 aromatic rings. The molecule has 1 amide bonds. The molecule has 0 bridgehead atoms. The Morgan fingerprint density at radius 2 is 2.07 bits per heavy atom. The van der Waals surface area contributed by atoms with Crippen molar-refractivity contribution in [1.82, 2.24) is 14.8 Å². The van der Waals surface area contributed by atoms with E-state index in [-0.39, 0.29) is 11.7 Å². The van der Waals surface area contributed by atoms with E-state index in [2.05, 4.69) is 15.5 Å². The summed E-state index contributed by atoms with van der Waals surface area (Å²) in [5.74, 6) is 2.12. The van der Waals surface area contributed by atoms with Gasteiger partial charge in [-0.25, -0.2) is 0 Å². The lowest BCUT2D eigenvalue weighted by Crippen LogP contribution is -2.14. The number of hydrogen-bond acceptors (Lipinski definition) is 7. The first-order valence-electron chi connectivity index (χ1n) is 9.10. The van der Waals surface area contributed by atoms with Gasteiger partial charge in [-0.15, -0.1) is 10.2 Å². The Balaban J connectivity index is 1.39. The zero-order chi connectivity index (χ0) is 20.1. The summed E-state index contributed by atoms with van der Waals surface area (Å²) in [5.41, 5.74) is 1.52. The highest BCUT2D eigenvalue weighted by Gasteiger charge is 2.14. The van der Waals surface area contributed by atoms with Gasteiger partial charge < -0.3 is 19.5 Å². The molecular formula is C20H20N4O4S. The van der Waals surface area contributed by atoms with Gasteiger partial charge in [0.15, 0.2) is 16.7 Å². The minimum absolute atomic E-state index is 0.148. The average molecular weight is 412 g/mol. The predicted molar refractivity (Wildman–Crippen MR) is 109 cm³/mol. The van der Waals surface area contributed by atoms with Gasteiger partial charge in [-0.1, -0.05) is 17.8 Å². The maximum absolute atomic E-state index is 12.4. The van der Waals surface area contributed by atoms with Crippen molar-refractivity contribution >= 4 is 23.4 Å². The average Bonchev–Trinajstić information content (AvgIpc) is 3.10. The van der Waals surface area contributed by atoms with E-state index in [0.717, 1.165) is 17.9 Å². The van der Waals surface area contributed by atoms with E-state index in [0.29, 0.717) is 35.6 Å². The lowest BCUT2D eigenvalue weighted by Gasteiger charge is -2.11. The lowest BCUT2D eigenvalue weighted by molar-refractivity contribution is -0.113. The number of anilines is 1. The molecule has 0 radical (unpaired) electrons. The number of hydrogen-bond donors (Lipinski definition) is 1.